The standard InChI is InChI=1S/C19H32N4O2S/c1-19(2,3)25-18(24)23-11-8-15(9-12-23)14-22-17(20-4)21-10-7-16-6-5-13-26-16/h5-6,13,15H,7-12,14H2,1-4H3,(H2,20,21,22). The van der Waals surface area contributed by atoms with Crippen LogP contribution in [0.4, 0.5) is 4.79 Å². The molecule has 0 atom stereocenters. The number of guanidine groups is 1. The Hall–Kier alpha value is -1.76. The van der Waals surface area contributed by atoms with E-state index in [0.717, 1.165) is 51.4 Å². The first kappa shape index (κ1) is 20.6. The van der Waals surface area contributed by atoms with E-state index in [9.17, 15) is 4.79 Å². The van der Waals surface area contributed by atoms with Gasteiger partial charge in [-0.25, -0.2) is 4.79 Å². The predicted octanol–water partition coefficient (Wildman–Crippen LogP) is 3.10. The third-order valence-electron chi connectivity index (χ3n) is 4.29. The van der Waals surface area contributed by atoms with Crippen LogP contribution in [0.1, 0.15) is 38.5 Å². The molecule has 2 N–H and O–H groups in total. The molecule has 1 aliphatic rings. The van der Waals surface area contributed by atoms with Crippen LogP contribution in [-0.4, -0.2) is 55.8 Å². The van der Waals surface area contributed by atoms with Crippen LogP contribution in [0.25, 0.3) is 0 Å². The summed E-state index contributed by atoms with van der Waals surface area (Å²) in [6, 6.07) is 4.23. The van der Waals surface area contributed by atoms with Crippen molar-refractivity contribution in [2.24, 2.45) is 10.9 Å². The highest BCUT2D eigenvalue weighted by Crippen LogP contribution is 2.19. The molecule has 1 saturated heterocycles. The maximum atomic E-state index is 12.1. The molecule has 1 aliphatic heterocycles. The number of aliphatic imine (C=N–C) groups is 1. The Kier molecular flexibility index (Phi) is 7.75. The lowest BCUT2D eigenvalue weighted by molar-refractivity contribution is 0.0185. The van der Waals surface area contributed by atoms with Crippen LogP contribution in [0.5, 0.6) is 0 Å². The van der Waals surface area contributed by atoms with Gasteiger partial charge in [0.2, 0.25) is 0 Å². The third kappa shape index (κ3) is 7.23. The van der Waals surface area contributed by atoms with Crippen LogP contribution < -0.4 is 10.6 Å². The monoisotopic (exact) mass is 380 g/mol. The minimum Gasteiger partial charge on any atom is -0.444 e. The van der Waals surface area contributed by atoms with Crippen molar-refractivity contribution in [3.8, 4) is 0 Å². The molecule has 2 heterocycles. The first-order valence-electron chi connectivity index (χ1n) is 9.32. The highest BCUT2D eigenvalue weighted by molar-refractivity contribution is 7.09. The third-order valence-corrected chi connectivity index (χ3v) is 5.23. The van der Waals surface area contributed by atoms with Crippen LogP contribution in [0.15, 0.2) is 22.5 Å². The fraction of sp³-hybridized carbons (Fsp3) is 0.684. The van der Waals surface area contributed by atoms with Gasteiger partial charge in [0.15, 0.2) is 5.96 Å². The Morgan fingerprint density at radius 3 is 2.65 bits per heavy atom. The molecule has 6 nitrogen and oxygen atoms in total. The molecular formula is C19H32N4O2S. The quantitative estimate of drug-likeness (QED) is 0.608. The second-order valence-corrected chi connectivity index (χ2v) is 8.65. The zero-order valence-corrected chi connectivity index (χ0v) is 17.2. The van der Waals surface area contributed by atoms with E-state index in [1.165, 1.54) is 4.88 Å². The van der Waals surface area contributed by atoms with E-state index >= 15 is 0 Å². The maximum Gasteiger partial charge on any atom is 0.410 e. The van der Waals surface area contributed by atoms with E-state index in [0.29, 0.717) is 5.92 Å². The molecule has 7 heteroatoms. The van der Waals surface area contributed by atoms with Crippen LogP contribution >= 0.6 is 11.3 Å². The van der Waals surface area contributed by atoms with Crippen molar-refractivity contribution in [3.63, 3.8) is 0 Å². The second kappa shape index (κ2) is 9.80. The molecule has 0 bridgehead atoms. The molecule has 0 unspecified atom stereocenters. The van der Waals surface area contributed by atoms with Gasteiger partial charge < -0.3 is 20.3 Å². The van der Waals surface area contributed by atoms with Crippen molar-refractivity contribution >= 4 is 23.4 Å². The average molecular weight is 381 g/mol. The van der Waals surface area contributed by atoms with E-state index < -0.39 is 5.60 Å². The van der Waals surface area contributed by atoms with Gasteiger partial charge >= 0.3 is 6.09 Å². The number of piperidine rings is 1. The number of nitrogens with zero attached hydrogens (tertiary/aromatic N) is 2. The summed E-state index contributed by atoms with van der Waals surface area (Å²) in [4.78, 5) is 19.6. The van der Waals surface area contributed by atoms with Crippen LogP contribution in [0.2, 0.25) is 0 Å². The van der Waals surface area contributed by atoms with Gasteiger partial charge in [0, 0.05) is 38.1 Å². The Morgan fingerprint density at radius 2 is 2.08 bits per heavy atom. The summed E-state index contributed by atoms with van der Waals surface area (Å²) in [6.07, 6.45) is 2.78. The van der Waals surface area contributed by atoms with Crippen LogP contribution in [-0.2, 0) is 11.2 Å². The molecular weight excluding hydrogens is 348 g/mol. The lowest BCUT2D eigenvalue weighted by atomic mass is 9.97. The molecule has 0 spiro atoms. The molecule has 0 radical (unpaired) electrons. The first-order valence-corrected chi connectivity index (χ1v) is 10.2. The van der Waals surface area contributed by atoms with Gasteiger partial charge in [-0.15, -0.1) is 11.3 Å². The Morgan fingerprint density at radius 1 is 1.35 bits per heavy atom. The summed E-state index contributed by atoms with van der Waals surface area (Å²) in [7, 11) is 1.80. The summed E-state index contributed by atoms with van der Waals surface area (Å²) in [5.74, 6) is 1.39. The van der Waals surface area contributed by atoms with E-state index in [4.69, 9.17) is 4.74 Å². The van der Waals surface area contributed by atoms with E-state index in [-0.39, 0.29) is 6.09 Å². The van der Waals surface area contributed by atoms with Gasteiger partial charge in [0.1, 0.15) is 5.60 Å². The van der Waals surface area contributed by atoms with Gasteiger partial charge in [0.25, 0.3) is 0 Å². The van der Waals surface area contributed by atoms with Crippen LogP contribution in [0, 0.1) is 5.92 Å². The summed E-state index contributed by atoms with van der Waals surface area (Å²) in [5.41, 5.74) is -0.434. The highest BCUT2D eigenvalue weighted by atomic mass is 32.1. The zero-order valence-electron chi connectivity index (χ0n) is 16.4. The SMILES string of the molecule is CN=C(NCCc1cccs1)NCC1CCN(C(=O)OC(C)(C)C)CC1. The molecule has 1 fully saturated rings. The van der Waals surface area contributed by atoms with Crippen molar-refractivity contribution in [1.82, 2.24) is 15.5 Å². The molecule has 146 valence electrons. The molecule has 1 amide bonds. The van der Waals surface area contributed by atoms with Crippen molar-refractivity contribution < 1.29 is 9.53 Å². The average Bonchev–Trinajstić information content (AvgIpc) is 3.10. The van der Waals surface area contributed by atoms with E-state index in [1.54, 1.807) is 18.4 Å². The fourth-order valence-electron chi connectivity index (χ4n) is 2.87. The topological polar surface area (TPSA) is 66.0 Å². The largest absolute Gasteiger partial charge is 0.444 e. The number of nitrogens with one attached hydrogen (secondary N) is 2. The number of amides is 1. The van der Waals surface area contributed by atoms with Crippen molar-refractivity contribution in [2.75, 3.05) is 33.2 Å². The number of carbonyl (C=O) groups is 1. The summed E-state index contributed by atoms with van der Waals surface area (Å²) >= 11 is 1.78. The molecule has 0 saturated carbocycles. The Bertz CT molecular complexity index is 573. The first-order chi connectivity index (χ1) is 12.4. The van der Waals surface area contributed by atoms with Gasteiger partial charge in [-0.1, -0.05) is 6.07 Å². The zero-order chi connectivity index (χ0) is 19.0. The number of hydrogen-bond donors (Lipinski definition) is 2. The van der Waals surface area contributed by atoms with Crippen LogP contribution in [0.3, 0.4) is 0 Å². The molecule has 1 aromatic rings. The number of likely N-dealkylation sites (tertiary alicyclic amines) is 1. The smallest absolute Gasteiger partial charge is 0.410 e. The summed E-state index contributed by atoms with van der Waals surface area (Å²) in [6.45, 7) is 8.96. The normalized spacial score (nSPS) is 16.5. The number of rotatable bonds is 5. The number of carbonyl (C=O) groups excluding carboxylic acids is 1. The minimum atomic E-state index is -0.434. The van der Waals surface area contributed by atoms with Gasteiger partial charge in [-0.2, -0.15) is 0 Å². The van der Waals surface area contributed by atoms with E-state index in [1.807, 2.05) is 25.7 Å². The van der Waals surface area contributed by atoms with Crippen molar-refractivity contribution in [2.45, 2.75) is 45.6 Å². The summed E-state index contributed by atoms with van der Waals surface area (Å²) in [5, 5.41) is 8.87. The lowest BCUT2D eigenvalue weighted by Crippen LogP contribution is -2.45. The van der Waals surface area contributed by atoms with Crippen molar-refractivity contribution in [1.29, 1.82) is 0 Å². The molecule has 0 aromatic carbocycles. The molecule has 26 heavy (non-hydrogen) atoms. The predicted molar refractivity (Wildman–Crippen MR) is 108 cm³/mol. The van der Waals surface area contributed by atoms with E-state index in [2.05, 4.69) is 33.1 Å². The van der Waals surface area contributed by atoms with Gasteiger partial charge in [-0.05, 0) is 57.4 Å². The molecule has 2 rings (SSSR count). The molecule has 1 aromatic heterocycles. The van der Waals surface area contributed by atoms with Gasteiger partial charge in [0.05, 0.1) is 0 Å². The fourth-order valence-corrected chi connectivity index (χ4v) is 3.58. The highest BCUT2D eigenvalue weighted by Gasteiger charge is 2.26. The number of thiophene rings is 1. The number of hydrogen-bond acceptors (Lipinski definition) is 4. The second-order valence-electron chi connectivity index (χ2n) is 7.62. The lowest BCUT2D eigenvalue weighted by Gasteiger charge is -2.33. The van der Waals surface area contributed by atoms with Crippen molar-refractivity contribution in [3.05, 3.63) is 22.4 Å². The minimum absolute atomic E-state index is 0.199. The number of ether oxygens (including phenoxy) is 1. The summed E-state index contributed by atoms with van der Waals surface area (Å²) < 4.78 is 5.45. The molecule has 0 aliphatic carbocycles. The Labute approximate surface area is 161 Å². The Balaban J connectivity index is 1.64. The maximum absolute atomic E-state index is 12.1. The van der Waals surface area contributed by atoms with Gasteiger partial charge in [-0.3, -0.25) is 4.99 Å².